The molecule has 0 saturated carbocycles. The van der Waals surface area contributed by atoms with E-state index in [0.717, 1.165) is 11.3 Å². The molecule has 1 aliphatic rings. The Labute approximate surface area is 141 Å². The lowest BCUT2D eigenvalue weighted by atomic mass is 10.0. The largest absolute Gasteiger partial charge is 0.497 e. The first-order valence-electron chi connectivity index (χ1n) is 7.76. The molecule has 1 aromatic rings. The molecular formula is C17H25NO6. The van der Waals surface area contributed by atoms with Crippen molar-refractivity contribution in [2.75, 3.05) is 26.9 Å². The van der Waals surface area contributed by atoms with Gasteiger partial charge in [0.15, 0.2) is 6.29 Å². The highest BCUT2D eigenvalue weighted by atomic mass is 16.7. The second-order valence-electron chi connectivity index (χ2n) is 6.79. The highest BCUT2D eigenvalue weighted by Crippen LogP contribution is 2.28. The third kappa shape index (κ3) is 4.83. The van der Waals surface area contributed by atoms with Gasteiger partial charge < -0.3 is 29.4 Å². The van der Waals surface area contributed by atoms with Gasteiger partial charge in [0.2, 0.25) is 0 Å². The summed E-state index contributed by atoms with van der Waals surface area (Å²) in [6.07, 6.45) is -1.18. The monoisotopic (exact) mass is 339 g/mol. The number of amides is 1. The van der Waals surface area contributed by atoms with Gasteiger partial charge >= 0.3 is 6.09 Å². The summed E-state index contributed by atoms with van der Waals surface area (Å²) in [4.78, 5) is 11.9. The summed E-state index contributed by atoms with van der Waals surface area (Å²) in [6.45, 7) is 5.21. The minimum atomic E-state index is -1.02. The predicted octanol–water partition coefficient (Wildman–Crippen LogP) is 2.00. The number of rotatable bonds is 4. The van der Waals surface area contributed by atoms with E-state index in [9.17, 15) is 9.90 Å². The average molecular weight is 339 g/mol. The molecule has 1 aromatic carbocycles. The molecule has 1 aliphatic heterocycles. The number of nitrogens with one attached hydrogen (secondary N) is 1. The molecule has 7 heteroatoms. The minimum Gasteiger partial charge on any atom is -0.497 e. The van der Waals surface area contributed by atoms with Crippen molar-refractivity contribution in [3.8, 4) is 5.75 Å². The van der Waals surface area contributed by atoms with E-state index in [4.69, 9.17) is 18.9 Å². The molecule has 0 aromatic heterocycles. The summed E-state index contributed by atoms with van der Waals surface area (Å²) < 4.78 is 21.7. The second kappa shape index (κ2) is 7.38. The Kier molecular flexibility index (Phi) is 5.69. The van der Waals surface area contributed by atoms with E-state index >= 15 is 0 Å². The molecule has 1 amide bonds. The number of benzene rings is 1. The van der Waals surface area contributed by atoms with Gasteiger partial charge in [-0.2, -0.15) is 0 Å². The Morgan fingerprint density at radius 2 is 1.88 bits per heavy atom. The van der Waals surface area contributed by atoms with Crippen molar-refractivity contribution >= 4 is 6.09 Å². The molecule has 0 spiro atoms. The molecule has 0 unspecified atom stereocenters. The van der Waals surface area contributed by atoms with Gasteiger partial charge in [0, 0.05) is 5.56 Å². The number of carbonyl (C=O) groups is 1. The number of hydrogen-bond donors (Lipinski definition) is 2. The fourth-order valence-corrected chi connectivity index (χ4v) is 2.24. The van der Waals surface area contributed by atoms with E-state index in [1.807, 2.05) is 24.3 Å². The Morgan fingerprint density at radius 1 is 1.29 bits per heavy atom. The predicted molar refractivity (Wildman–Crippen MR) is 86.8 cm³/mol. The fraction of sp³-hybridized carbons (Fsp3) is 0.588. The average Bonchev–Trinajstić information content (AvgIpc) is 2.54. The summed E-state index contributed by atoms with van der Waals surface area (Å²) in [5.74, 6) is 0.742. The Balaban J connectivity index is 1.96. The van der Waals surface area contributed by atoms with Crippen molar-refractivity contribution < 1.29 is 28.8 Å². The maximum absolute atomic E-state index is 11.9. The topological polar surface area (TPSA) is 86.2 Å². The molecule has 24 heavy (non-hydrogen) atoms. The number of aliphatic hydroxyl groups is 1. The van der Waals surface area contributed by atoms with Gasteiger partial charge in [0.1, 0.15) is 16.9 Å². The lowest BCUT2D eigenvalue weighted by Crippen LogP contribution is -2.61. The zero-order chi connectivity index (χ0) is 17.8. The molecule has 0 aliphatic carbocycles. The van der Waals surface area contributed by atoms with Crippen LogP contribution in [0.5, 0.6) is 5.75 Å². The number of hydrogen-bond acceptors (Lipinski definition) is 6. The number of alkyl carbamates (subject to hydrolysis) is 1. The van der Waals surface area contributed by atoms with Crippen LogP contribution in [0.2, 0.25) is 0 Å². The Morgan fingerprint density at radius 3 is 2.33 bits per heavy atom. The van der Waals surface area contributed by atoms with Gasteiger partial charge in [-0.25, -0.2) is 4.79 Å². The first-order chi connectivity index (χ1) is 11.3. The van der Waals surface area contributed by atoms with E-state index in [0.29, 0.717) is 0 Å². The van der Waals surface area contributed by atoms with Crippen LogP contribution in [0.4, 0.5) is 4.79 Å². The molecule has 2 N–H and O–H groups in total. The zero-order valence-electron chi connectivity index (χ0n) is 14.5. The normalized spacial score (nSPS) is 24.3. The molecule has 1 fully saturated rings. The van der Waals surface area contributed by atoms with E-state index in [-0.39, 0.29) is 19.8 Å². The molecule has 2 rings (SSSR count). The van der Waals surface area contributed by atoms with Crippen molar-refractivity contribution in [1.82, 2.24) is 5.32 Å². The summed E-state index contributed by atoms with van der Waals surface area (Å²) in [5, 5.41) is 12.3. The molecule has 0 atom stereocenters. The molecule has 1 saturated heterocycles. The first kappa shape index (κ1) is 18.5. The number of aliphatic hydroxyl groups excluding tert-OH is 1. The van der Waals surface area contributed by atoms with Gasteiger partial charge in [-0.05, 0) is 32.9 Å². The smallest absolute Gasteiger partial charge is 0.408 e. The van der Waals surface area contributed by atoms with Gasteiger partial charge in [-0.3, -0.25) is 0 Å². The summed E-state index contributed by atoms with van der Waals surface area (Å²) in [5.41, 5.74) is -0.812. The van der Waals surface area contributed by atoms with Crippen LogP contribution in [0.15, 0.2) is 24.3 Å². The maximum Gasteiger partial charge on any atom is 0.408 e. The van der Waals surface area contributed by atoms with E-state index in [1.165, 1.54) is 0 Å². The van der Waals surface area contributed by atoms with Crippen LogP contribution in [0.3, 0.4) is 0 Å². The van der Waals surface area contributed by atoms with Crippen LogP contribution >= 0.6 is 0 Å². The highest BCUT2D eigenvalue weighted by Gasteiger charge is 2.39. The van der Waals surface area contributed by atoms with Crippen LogP contribution in [0.25, 0.3) is 0 Å². The standard InChI is InChI=1S/C17H25NO6/c1-16(2,3)24-15(20)18-17(9-19)10-22-14(23-11-17)12-5-7-13(21-4)8-6-12/h5-8,14,19H,9-11H2,1-4H3,(H,18,20)/t14-,17-. The Bertz CT molecular complexity index is 543. The first-order valence-corrected chi connectivity index (χ1v) is 7.76. The number of ether oxygens (including phenoxy) is 4. The van der Waals surface area contributed by atoms with E-state index in [1.54, 1.807) is 27.9 Å². The van der Waals surface area contributed by atoms with Crippen LogP contribution in [-0.4, -0.2) is 49.3 Å². The molecule has 0 bridgehead atoms. The third-order valence-electron chi connectivity index (χ3n) is 3.48. The summed E-state index contributed by atoms with van der Waals surface area (Å²) in [6, 6.07) is 7.32. The van der Waals surface area contributed by atoms with Crippen molar-refractivity contribution in [2.24, 2.45) is 0 Å². The molecule has 0 radical (unpaired) electrons. The number of methoxy groups -OCH3 is 1. The second-order valence-corrected chi connectivity index (χ2v) is 6.79. The van der Waals surface area contributed by atoms with Gasteiger partial charge in [-0.15, -0.1) is 0 Å². The third-order valence-corrected chi connectivity index (χ3v) is 3.48. The molecule has 1 heterocycles. The molecular weight excluding hydrogens is 314 g/mol. The van der Waals surface area contributed by atoms with Crippen molar-refractivity contribution in [3.05, 3.63) is 29.8 Å². The zero-order valence-corrected chi connectivity index (χ0v) is 14.5. The van der Waals surface area contributed by atoms with E-state index in [2.05, 4.69) is 5.32 Å². The van der Waals surface area contributed by atoms with Gasteiger partial charge in [-0.1, -0.05) is 12.1 Å². The Hall–Kier alpha value is -1.83. The van der Waals surface area contributed by atoms with Crippen molar-refractivity contribution in [2.45, 2.75) is 38.2 Å². The lowest BCUT2D eigenvalue weighted by molar-refractivity contribution is -0.222. The van der Waals surface area contributed by atoms with Crippen LogP contribution < -0.4 is 10.1 Å². The molecule has 134 valence electrons. The van der Waals surface area contributed by atoms with Gasteiger partial charge in [0.25, 0.3) is 0 Å². The van der Waals surface area contributed by atoms with Crippen molar-refractivity contribution in [1.29, 1.82) is 0 Å². The summed E-state index contributed by atoms with van der Waals surface area (Å²) >= 11 is 0. The quantitative estimate of drug-likeness (QED) is 0.872. The highest BCUT2D eigenvalue weighted by molar-refractivity contribution is 5.69. The molecule has 7 nitrogen and oxygen atoms in total. The minimum absolute atomic E-state index is 0.111. The van der Waals surface area contributed by atoms with Crippen LogP contribution in [0.1, 0.15) is 32.6 Å². The van der Waals surface area contributed by atoms with E-state index < -0.39 is 23.5 Å². The number of carbonyl (C=O) groups excluding carboxylic acids is 1. The lowest BCUT2D eigenvalue weighted by Gasteiger charge is -2.39. The van der Waals surface area contributed by atoms with Gasteiger partial charge in [0.05, 0.1) is 26.9 Å². The summed E-state index contributed by atoms with van der Waals surface area (Å²) in [7, 11) is 1.60. The maximum atomic E-state index is 11.9. The van der Waals surface area contributed by atoms with Crippen LogP contribution in [0, 0.1) is 0 Å². The van der Waals surface area contributed by atoms with Crippen LogP contribution in [-0.2, 0) is 14.2 Å². The SMILES string of the molecule is COc1ccc([C@H]2OC[C@](CO)(NC(=O)OC(C)(C)C)CO2)cc1. The van der Waals surface area contributed by atoms with Crippen molar-refractivity contribution in [3.63, 3.8) is 0 Å². The fourth-order valence-electron chi connectivity index (χ4n) is 2.24.